The fraction of sp³-hybridized carbons (Fsp3) is 0.167. The Balaban J connectivity index is 2.06. The van der Waals surface area contributed by atoms with Crippen LogP contribution in [-0.4, -0.2) is 35.4 Å². The van der Waals surface area contributed by atoms with Gasteiger partial charge in [0.05, 0.1) is 16.6 Å². The second-order valence-electron chi connectivity index (χ2n) is 4.19. The third-order valence-corrected chi connectivity index (χ3v) is 2.99. The van der Waals surface area contributed by atoms with Gasteiger partial charge < -0.3 is 9.67 Å². The van der Waals surface area contributed by atoms with Crippen molar-refractivity contribution in [2.75, 3.05) is 0 Å². The maximum Gasteiger partial charge on any atom is 0.335 e. The van der Waals surface area contributed by atoms with E-state index in [2.05, 4.69) is 15.1 Å². The third-order valence-electron chi connectivity index (χ3n) is 2.99. The van der Waals surface area contributed by atoms with Crippen LogP contribution in [0.2, 0.25) is 0 Å². The van der Waals surface area contributed by atoms with Crippen molar-refractivity contribution in [3.8, 4) is 0 Å². The zero-order chi connectivity index (χ0) is 13.4. The van der Waals surface area contributed by atoms with Crippen LogP contribution in [0.3, 0.4) is 0 Å². The number of carboxylic acids is 1. The number of aromatic carboxylic acids is 1. The summed E-state index contributed by atoms with van der Waals surface area (Å²) in [5.74, 6) is -0.159. The van der Waals surface area contributed by atoms with Gasteiger partial charge in [-0.25, -0.2) is 19.4 Å². The van der Waals surface area contributed by atoms with E-state index >= 15 is 0 Å². The van der Waals surface area contributed by atoms with E-state index in [1.54, 1.807) is 29.2 Å². The fourth-order valence-corrected chi connectivity index (χ4v) is 1.98. The molecule has 1 N–H and O–H groups in total. The van der Waals surface area contributed by atoms with Crippen LogP contribution in [0.5, 0.6) is 0 Å². The minimum atomic E-state index is -0.953. The summed E-state index contributed by atoms with van der Waals surface area (Å²) in [4.78, 5) is 19.3. The van der Waals surface area contributed by atoms with Crippen LogP contribution < -0.4 is 0 Å². The molecule has 2 heterocycles. The molecule has 0 radical (unpaired) electrons. The molecule has 0 unspecified atom stereocenters. The highest BCUT2D eigenvalue weighted by Crippen LogP contribution is 2.17. The van der Waals surface area contributed by atoms with Gasteiger partial charge in [-0.1, -0.05) is 0 Å². The molecular formula is C12H11N5O2. The Hall–Kier alpha value is -2.70. The molecule has 0 aliphatic heterocycles. The van der Waals surface area contributed by atoms with Crippen molar-refractivity contribution in [1.82, 2.24) is 24.3 Å². The Morgan fingerprint density at radius 2 is 2.26 bits per heavy atom. The predicted octanol–water partition coefficient (Wildman–Crippen LogP) is 0.911. The second kappa shape index (κ2) is 4.20. The molecule has 0 bridgehead atoms. The quantitative estimate of drug-likeness (QED) is 0.753. The van der Waals surface area contributed by atoms with Crippen molar-refractivity contribution in [3.63, 3.8) is 0 Å². The van der Waals surface area contributed by atoms with E-state index in [0.717, 1.165) is 11.3 Å². The summed E-state index contributed by atoms with van der Waals surface area (Å²) in [6.07, 6.45) is 3.08. The Morgan fingerprint density at radius 1 is 1.42 bits per heavy atom. The maximum absolute atomic E-state index is 10.9. The normalized spacial score (nSPS) is 11.0. The maximum atomic E-state index is 10.9. The number of hydrogen-bond donors (Lipinski definition) is 1. The number of aryl methyl sites for hydroxylation is 1. The van der Waals surface area contributed by atoms with Crippen LogP contribution in [0, 0.1) is 0 Å². The van der Waals surface area contributed by atoms with Gasteiger partial charge >= 0.3 is 5.97 Å². The summed E-state index contributed by atoms with van der Waals surface area (Å²) in [6, 6.07) is 4.91. The number of benzene rings is 1. The molecule has 2 aromatic heterocycles. The zero-order valence-corrected chi connectivity index (χ0v) is 10.2. The molecule has 7 heteroatoms. The van der Waals surface area contributed by atoms with Crippen molar-refractivity contribution in [2.24, 2.45) is 7.05 Å². The van der Waals surface area contributed by atoms with Crippen LogP contribution >= 0.6 is 0 Å². The number of nitrogens with zero attached hydrogens (tertiary/aromatic N) is 5. The SMILES string of the molecule is Cn1c(Cn2cncn2)nc2cc(C(=O)O)ccc21. The monoisotopic (exact) mass is 257 g/mol. The molecule has 96 valence electrons. The van der Waals surface area contributed by atoms with E-state index in [1.807, 2.05) is 11.6 Å². The van der Waals surface area contributed by atoms with Gasteiger partial charge in [0.1, 0.15) is 25.0 Å². The Kier molecular flexibility index (Phi) is 2.52. The smallest absolute Gasteiger partial charge is 0.335 e. The number of imidazole rings is 1. The topological polar surface area (TPSA) is 85.8 Å². The highest BCUT2D eigenvalue weighted by atomic mass is 16.4. The van der Waals surface area contributed by atoms with Crippen molar-refractivity contribution < 1.29 is 9.90 Å². The first-order valence-electron chi connectivity index (χ1n) is 5.66. The molecule has 3 rings (SSSR count). The molecule has 1 aromatic carbocycles. The number of hydrogen-bond acceptors (Lipinski definition) is 4. The third kappa shape index (κ3) is 1.95. The van der Waals surface area contributed by atoms with Crippen LogP contribution in [0.1, 0.15) is 16.2 Å². The lowest BCUT2D eigenvalue weighted by Gasteiger charge is -2.01. The van der Waals surface area contributed by atoms with Crippen LogP contribution in [0.15, 0.2) is 30.9 Å². The lowest BCUT2D eigenvalue weighted by Crippen LogP contribution is -2.06. The Morgan fingerprint density at radius 3 is 2.95 bits per heavy atom. The lowest BCUT2D eigenvalue weighted by molar-refractivity contribution is 0.0697. The molecule has 0 aliphatic rings. The lowest BCUT2D eigenvalue weighted by atomic mass is 10.2. The number of aromatic nitrogens is 5. The van der Waals surface area contributed by atoms with Gasteiger partial charge in [-0.15, -0.1) is 0 Å². The first-order valence-corrected chi connectivity index (χ1v) is 5.66. The summed E-state index contributed by atoms with van der Waals surface area (Å²) in [7, 11) is 1.89. The van der Waals surface area contributed by atoms with E-state index in [0.29, 0.717) is 12.1 Å². The highest BCUT2D eigenvalue weighted by molar-refractivity contribution is 5.92. The minimum Gasteiger partial charge on any atom is -0.478 e. The van der Waals surface area contributed by atoms with Crippen LogP contribution in [0.25, 0.3) is 11.0 Å². The summed E-state index contributed by atoms with van der Waals surface area (Å²) >= 11 is 0. The number of rotatable bonds is 3. The van der Waals surface area contributed by atoms with E-state index in [4.69, 9.17) is 5.11 Å². The van der Waals surface area contributed by atoms with Crippen LogP contribution in [-0.2, 0) is 13.6 Å². The summed E-state index contributed by atoms with van der Waals surface area (Å²) in [5.41, 5.74) is 1.79. The Labute approximate surface area is 108 Å². The van der Waals surface area contributed by atoms with E-state index in [-0.39, 0.29) is 5.56 Å². The summed E-state index contributed by atoms with van der Waals surface area (Å²) < 4.78 is 3.59. The van der Waals surface area contributed by atoms with Crippen molar-refractivity contribution in [1.29, 1.82) is 0 Å². The van der Waals surface area contributed by atoms with Crippen LogP contribution in [0.4, 0.5) is 0 Å². The van der Waals surface area contributed by atoms with Gasteiger partial charge in [-0.3, -0.25) is 0 Å². The molecule has 0 saturated heterocycles. The molecule has 0 aliphatic carbocycles. The van der Waals surface area contributed by atoms with Gasteiger partial charge in [-0.05, 0) is 18.2 Å². The fourth-order valence-electron chi connectivity index (χ4n) is 1.98. The molecule has 0 amide bonds. The van der Waals surface area contributed by atoms with Gasteiger partial charge in [0.2, 0.25) is 0 Å². The number of carboxylic acid groups (broad SMARTS) is 1. The minimum absolute atomic E-state index is 0.234. The summed E-state index contributed by atoms with van der Waals surface area (Å²) in [6.45, 7) is 0.494. The van der Waals surface area contributed by atoms with Gasteiger partial charge in [0.25, 0.3) is 0 Å². The first-order chi connectivity index (χ1) is 9.15. The van der Waals surface area contributed by atoms with Crippen molar-refractivity contribution >= 4 is 17.0 Å². The van der Waals surface area contributed by atoms with Gasteiger partial charge in [0.15, 0.2) is 0 Å². The highest BCUT2D eigenvalue weighted by Gasteiger charge is 2.11. The Bertz CT molecular complexity index is 745. The van der Waals surface area contributed by atoms with Crippen molar-refractivity contribution in [2.45, 2.75) is 6.54 Å². The van der Waals surface area contributed by atoms with E-state index in [9.17, 15) is 4.79 Å². The standard InChI is InChI=1S/C12H11N5O2/c1-16-10-3-2-8(12(18)19)4-9(10)15-11(16)5-17-7-13-6-14-17/h2-4,6-7H,5H2,1H3,(H,18,19). The second-order valence-corrected chi connectivity index (χ2v) is 4.19. The molecule has 3 aromatic rings. The molecule has 0 fully saturated rings. The average Bonchev–Trinajstić information content (AvgIpc) is 2.99. The zero-order valence-electron chi connectivity index (χ0n) is 10.2. The summed E-state index contributed by atoms with van der Waals surface area (Å²) in [5, 5.41) is 13.0. The van der Waals surface area contributed by atoms with Crippen molar-refractivity contribution in [3.05, 3.63) is 42.2 Å². The largest absolute Gasteiger partial charge is 0.478 e. The van der Waals surface area contributed by atoms with E-state index < -0.39 is 5.97 Å². The molecule has 0 atom stereocenters. The van der Waals surface area contributed by atoms with Gasteiger partial charge in [-0.2, -0.15) is 5.10 Å². The molecule has 19 heavy (non-hydrogen) atoms. The van der Waals surface area contributed by atoms with Gasteiger partial charge in [0, 0.05) is 7.05 Å². The predicted molar refractivity (Wildman–Crippen MR) is 66.8 cm³/mol. The molecule has 7 nitrogen and oxygen atoms in total. The number of carbonyl (C=O) groups is 1. The molecule has 0 spiro atoms. The van der Waals surface area contributed by atoms with E-state index in [1.165, 1.54) is 6.33 Å². The molecular weight excluding hydrogens is 246 g/mol. The average molecular weight is 257 g/mol. The molecule has 0 saturated carbocycles. The first kappa shape index (κ1) is 11.4. The number of fused-ring (bicyclic) bond motifs is 1.